The molecule has 6 nitrogen and oxygen atoms in total. The lowest BCUT2D eigenvalue weighted by Gasteiger charge is -2.22. The van der Waals surface area contributed by atoms with Crippen molar-refractivity contribution < 1.29 is 19.0 Å². The molecule has 0 fully saturated rings. The number of hydrogen-bond acceptors (Lipinski definition) is 4. The number of benzene rings is 3. The van der Waals surface area contributed by atoms with Crippen LogP contribution in [0.5, 0.6) is 11.5 Å². The van der Waals surface area contributed by atoms with E-state index in [-0.39, 0.29) is 24.9 Å². The van der Waals surface area contributed by atoms with Gasteiger partial charge in [-0.05, 0) is 61.7 Å². The van der Waals surface area contributed by atoms with Crippen LogP contribution in [-0.2, 0) is 9.53 Å². The van der Waals surface area contributed by atoms with E-state index in [9.17, 15) is 4.79 Å². The van der Waals surface area contributed by atoms with Crippen LogP contribution < -0.4 is 9.47 Å². The maximum Gasteiger partial charge on any atom is 0.309 e. The second kappa shape index (κ2) is 10.4. The Labute approximate surface area is 216 Å². The monoisotopic (exact) mass is 496 g/mol. The molecule has 0 radical (unpaired) electrons. The number of aromatic amines is 2. The normalized spacial score (nSPS) is 11.4. The van der Waals surface area contributed by atoms with Crippen LogP contribution in [0.1, 0.15) is 47.3 Å². The van der Waals surface area contributed by atoms with Crippen LogP contribution in [0.4, 0.5) is 0 Å². The number of fused-ring (bicyclic) bond motifs is 2. The second-order valence-electron chi connectivity index (χ2n) is 9.17. The summed E-state index contributed by atoms with van der Waals surface area (Å²) in [6, 6.07) is 22.9. The molecular weight excluding hydrogens is 464 g/mol. The van der Waals surface area contributed by atoms with Crippen molar-refractivity contribution in [1.29, 1.82) is 0 Å². The van der Waals surface area contributed by atoms with Gasteiger partial charge in [-0.25, -0.2) is 0 Å². The first kappa shape index (κ1) is 24.5. The number of nitrogens with one attached hydrogen (secondary N) is 2. The third kappa shape index (κ3) is 4.67. The molecule has 0 saturated heterocycles. The van der Waals surface area contributed by atoms with Crippen LogP contribution in [0.15, 0.2) is 66.7 Å². The number of esters is 1. The zero-order chi connectivity index (χ0) is 25.9. The highest BCUT2D eigenvalue weighted by Gasteiger charge is 2.28. The molecule has 5 rings (SSSR count). The molecule has 190 valence electrons. The van der Waals surface area contributed by atoms with Crippen molar-refractivity contribution in [1.82, 2.24) is 9.97 Å². The Morgan fingerprint density at radius 1 is 0.838 bits per heavy atom. The number of methoxy groups -OCH3 is 1. The van der Waals surface area contributed by atoms with Gasteiger partial charge in [0.15, 0.2) is 11.5 Å². The van der Waals surface area contributed by atoms with Gasteiger partial charge < -0.3 is 24.2 Å². The summed E-state index contributed by atoms with van der Waals surface area (Å²) in [5, 5.41) is 2.40. The highest BCUT2D eigenvalue weighted by Crippen LogP contribution is 2.44. The Bertz CT molecular complexity index is 1480. The molecule has 0 aliphatic rings. The van der Waals surface area contributed by atoms with Crippen LogP contribution >= 0.6 is 0 Å². The molecule has 0 atom stereocenters. The minimum absolute atomic E-state index is 0.0465. The SMILES string of the molecule is CCOC(=O)CCOc1ccc(C(c2c(C)[nH]c3ccccc23)c2c(C)[nH]c3ccccc23)cc1OC. The van der Waals surface area contributed by atoms with Crippen molar-refractivity contribution in [2.45, 2.75) is 33.1 Å². The van der Waals surface area contributed by atoms with Crippen molar-refractivity contribution in [3.8, 4) is 11.5 Å². The maximum atomic E-state index is 11.7. The molecule has 37 heavy (non-hydrogen) atoms. The fourth-order valence-electron chi connectivity index (χ4n) is 5.28. The van der Waals surface area contributed by atoms with Gasteiger partial charge in [-0.15, -0.1) is 0 Å². The predicted octanol–water partition coefficient (Wildman–Crippen LogP) is 6.79. The summed E-state index contributed by atoms with van der Waals surface area (Å²) >= 11 is 0. The van der Waals surface area contributed by atoms with Crippen molar-refractivity contribution in [3.05, 3.63) is 94.8 Å². The van der Waals surface area contributed by atoms with Gasteiger partial charge in [0.05, 0.1) is 26.7 Å². The quantitative estimate of drug-likeness (QED) is 0.220. The van der Waals surface area contributed by atoms with E-state index in [2.05, 4.69) is 78.4 Å². The fourth-order valence-corrected chi connectivity index (χ4v) is 5.28. The summed E-state index contributed by atoms with van der Waals surface area (Å²) in [5.41, 5.74) is 8.05. The number of carbonyl (C=O) groups excluding carboxylic acids is 1. The molecule has 2 aromatic heterocycles. The van der Waals surface area contributed by atoms with E-state index in [1.54, 1.807) is 14.0 Å². The number of rotatable bonds is 9. The minimum Gasteiger partial charge on any atom is -0.493 e. The average Bonchev–Trinajstić information content (AvgIpc) is 3.41. The number of hydrogen-bond donors (Lipinski definition) is 2. The van der Waals surface area contributed by atoms with E-state index in [1.807, 2.05) is 12.1 Å². The van der Waals surface area contributed by atoms with Crippen molar-refractivity contribution in [2.24, 2.45) is 0 Å². The Hall–Kier alpha value is -4.19. The molecule has 0 aliphatic carbocycles. The van der Waals surface area contributed by atoms with Crippen LogP contribution in [0.3, 0.4) is 0 Å². The van der Waals surface area contributed by atoms with Crippen LogP contribution in [0.25, 0.3) is 21.8 Å². The molecule has 0 aliphatic heterocycles. The highest BCUT2D eigenvalue weighted by atomic mass is 16.5. The molecule has 2 N–H and O–H groups in total. The smallest absolute Gasteiger partial charge is 0.309 e. The van der Waals surface area contributed by atoms with Crippen molar-refractivity contribution in [3.63, 3.8) is 0 Å². The molecule has 5 aromatic rings. The lowest BCUT2D eigenvalue weighted by molar-refractivity contribution is -0.143. The number of para-hydroxylation sites is 2. The third-order valence-electron chi connectivity index (χ3n) is 6.85. The van der Waals surface area contributed by atoms with E-state index in [1.165, 1.54) is 21.9 Å². The Morgan fingerprint density at radius 2 is 1.43 bits per heavy atom. The first-order valence-corrected chi connectivity index (χ1v) is 12.6. The molecule has 0 amide bonds. The second-order valence-corrected chi connectivity index (χ2v) is 9.17. The molecular formula is C31H32N2O4. The number of ether oxygens (including phenoxy) is 3. The summed E-state index contributed by atoms with van der Waals surface area (Å²) in [4.78, 5) is 18.9. The van der Waals surface area contributed by atoms with Gasteiger partial charge in [-0.3, -0.25) is 4.79 Å². The van der Waals surface area contributed by atoms with Gasteiger partial charge in [-0.1, -0.05) is 42.5 Å². The van der Waals surface area contributed by atoms with E-state index < -0.39 is 0 Å². The Morgan fingerprint density at radius 3 is 2.00 bits per heavy atom. The maximum absolute atomic E-state index is 11.7. The molecule has 6 heteroatoms. The standard InChI is InChI=1S/C31H32N2O4/c1-5-36-28(34)16-17-37-26-15-14-21(18-27(26)35-4)31(29-19(2)32-24-12-8-6-10-22(24)29)30-20(3)33-25-13-9-7-11-23(25)30/h6-15,18,31-33H,5,16-17H2,1-4H3. The largest absolute Gasteiger partial charge is 0.493 e. The highest BCUT2D eigenvalue weighted by molar-refractivity contribution is 5.91. The van der Waals surface area contributed by atoms with Gasteiger partial charge >= 0.3 is 5.97 Å². The van der Waals surface area contributed by atoms with Gasteiger partial charge in [0.25, 0.3) is 0 Å². The van der Waals surface area contributed by atoms with E-state index >= 15 is 0 Å². The average molecular weight is 497 g/mol. The predicted molar refractivity (Wildman–Crippen MR) is 147 cm³/mol. The summed E-state index contributed by atoms with van der Waals surface area (Å²) in [6.07, 6.45) is 0.185. The van der Waals surface area contributed by atoms with Gasteiger partial charge in [-0.2, -0.15) is 0 Å². The summed E-state index contributed by atoms with van der Waals surface area (Å²) in [6.45, 7) is 6.65. The van der Waals surface area contributed by atoms with Crippen molar-refractivity contribution >= 4 is 27.8 Å². The third-order valence-corrected chi connectivity index (χ3v) is 6.85. The number of H-pyrrole nitrogens is 2. The Balaban J connectivity index is 1.63. The van der Waals surface area contributed by atoms with Gasteiger partial charge in [0.1, 0.15) is 0 Å². The summed E-state index contributed by atoms with van der Waals surface area (Å²) in [7, 11) is 1.64. The minimum atomic E-state index is -0.275. The number of aryl methyl sites for hydroxylation is 2. The molecule has 0 unspecified atom stereocenters. The summed E-state index contributed by atoms with van der Waals surface area (Å²) in [5.74, 6) is 0.902. The van der Waals surface area contributed by atoms with E-state index in [4.69, 9.17) is 14.2 Å². The fraction of sp³-hybridized carbons (Fsp3) is 0.258. The Kier molecular flexibility index (Phi) is 6.91. The number of aromatic nitrogens is 2. The van der Waals surface area contributed by atoms with E-state index in [0.717, 1.165) is 28.0 Å². The van der Waals surface area contributed by atoms with Crippen LogP contribution in [-0.4, -0.2) is 36.3 Å². The first-order valence-electron chi connectivity index (χ1n) is 12.6. The first-order chi connectivity index (χ1) is 18.0. The zero-order valence-corrected chi connectivity index (χ0v) is 21.7. The molecule has 0 saturated carbocycles. The van der Waals surface area contributed by atoms with Gasteiger partial charge in [0.2, 0.25) is 0 Å². The molecule has 2 heterocycles. The lowest BCUT2D eigenvalue weighted by atomic mass is 9.82. The van der Waals surface area contributed by atoms with Crippen LogP contribution in [0, 0.1) is 13.8 Å². The van der Waals surface area contributed by atoms with Crippen molar-refractivity contribution in [2.75, 3.05) is 20.3 Å². The molecule has 3 aromatic carbocycles. The topological polar surface area (TPSA) is 76.3 Å². The van der Waals surface area contributed by atoms with Crippen LogP contribution in [0.2, 0.25) is 0 Å². The molecule has 0 bridgehead atoms. The van der Waals surface area contributed by atoms with E-state index in [0.29, 0.717) is 18.1 Å². The lowest BCUT2D eigenvalue weighted by Crippen LogP contribution is -2.10. The van der Waals surface area contributed by atoms with Gasteiger partial charge in [0, 0.05) is 39.1 Å². The molecule has 0 spiro atoms. The number of carbonyl (C=O) groups is 1. The zero-order valence-electron chi connectivity index (χ0n) is 21.7. The summed E-state index contributed by atoms with van der Waals surface area (Å²) < 4.78 is 16.7.